The molecule has 0 unspecified atom stereocenters. The highest BCUT2D eigenvalue weighted by Crippen LogP contribution is 2.42. The molecule has 0 amide bonds. The number of benzene rings is 2. The lowest BCUT2D eigenvalue weighted by atomic mass is 9.96. The van der Waals surface area contributed by atoms with E-state index in [0.29, 0.717) is 38.6 Å². The van der Waals surface area contributed by atoms with Crippen molar-refractivity contribution in [2.75, 3.05) is 7.11 Å². The second kappa shape index (κ2) is 8.51. The third-order valence-electron chi connectivity index (χ3n) is 7.35. The van der Waals surface area contributed by atoms with Gasteiger partial charge in [-0.05, 0) is 42.7 Å². The Balaban J connectivity index is 1.73. The molecule has 4 N–H and O–H groups in total. The van der Waals surface area contributed by atoms with Crippen LogP contribution in [-0.2, 0) is 0 Å². The van der Waals surface area contributed by atoms with Crippen LogP contribution >= 0.6 is 0 Å². The lowest BCUT2D eigenvalue weighted by molar-refractivity contribution is 0.353. The molecule has 6 rings (SSSR count). The molecule has 1 fully saturated rings. The average Bonchev–Trinajstić information content (AvgIpc) is 3.38. The molecular weight excluding hydrogens is 462 g/mol. The van der Waals surface area contributed by atoms with Crippen LogP contribution in [0.25, 0.3) is 44.2 Å². The molecule has 36 heavy (non-hydrogen) atoms. The molecule has 9 nitrogen and oxygen atoms in total. The number of nitrogens with one attached hydrogen (secondary N) is 2. The Morgan fingerprint density at radius 2 is 1.75 bits per heavy atom. The number of pyridine rings is 1. The van der Waals surface area contributed by atoms with Gasteiger partial charge in [-0.15, -0.1) is 0 Å². The quantitative estimate of drug-likeness (QED) is 0.272. The number of ether oxygens (including phenoxy) is 1. The van der Waals surface area contributed by atoms with Gasteiger partial charge in [-0.2, -0.15) is 0 Å². The Hall–Kier alpha value is -4.14. The fraction of sp³-hybridized carbons (Fsp3) is 0.333. The maximum Gasteiger partial charge on any atom is 0.274 e. The van der Waals surface area contributed by atoms with Crippen molar-refractivity contribution < 1.29 is 19.4 Å². The smallest absolute Gasteiger partial charge is 0.274 e. The molecule has 0 aliphatic heterocycles. The van der Waals surface area contributed by atoms with Gasteiger partial charge in [-0.1, -0.05) is 38.2 Å². The molecule has 1 saturated carbocycles. The number of rotatable bonds is 3. The number of aromatic nitrogens is 3. The minimum absolute atomic E-state index is 0.0320. The third kappa shape index (κ3) is 3.37. The molecule has 186 valence electrons. The summed E-state index contributed by atoms with van der Waals surface area (Å²) in [5.41, 5.74) is 1.83. The molecule has 2 aromatic carbocycles. The summed E-state index contributed by atoms with van der Waals surface area (Å²) in [6, 6.07) is 7.86. The largest absolute Gasteiger partial charge is 0.504 e. The van der Waals surface area contributed by atoms with E-state index >= 15 is 0 Å². The number of methoxy groups -OCH3 is 1. The van der Waals surface area contributed by atoms with Crippen LogP contribution in [0.4, 0.5) is 0 Å². The van der Waals surface area contributed by atoms with Crippen molar-refractivity contribution in [2.45, 2.75) is 51.0 Å². The normalized spacial score (nSPS) is 15.5. The summed E-state index contributed by atoms with van der Waals surface area (Å²) in [7, 11) is 1.45. The highest BCUT2D eigenvalue weighted by atomic mass is 16.5. The molecular formula is C27H27N3O6. The summed E-state index contributed by atoms with van der Waals surface area (Å²) in [4.78, 5) is 29.0. The number of hydrogen-bond acceptors (Lipinski definition) is 6. The third-order valence-corrected chi connectivity index (χ3v) is 7.35. The van der Waals surface area contributed by atoms with Crippen LogP contribution in [0.2, 0.25) is 0 Å². The standard InChI is InChI=1S/C27H27N3O6/c1-35-19-13-14(9-11-17(19)31)20-21-26(30(29-27(21)34)15-7-5-3-2-4-6-8-15)28-22-16-10-12-18(32)23(33)24(16)36-25(20)22/h9-13,15,28,31,33H,2-8H2,1H3,(H,29,34). The Morgan fingerprint density at radius 3 is 2.50 bits per heavy atom. The zero-order chi connectivity index (χ0) is 25.0. The zero-order valence-corrected chi connectivity index (χ0v) is 19.9. The van der Waals surface area contributed by atoms with E-state index in [4.69, 9.17) is 9.15 Å². The van der Waals surface area contributed by atoms with Crippen LogP contribution in [-0.4, -0.2) is 32.1 Å². The van der Waals surface area contributed by atoms with E-state index in [2.05, 4.69) is 10.1 Å². The van der Waals surface area contributed by atoms with Gasteiger partial charge in [0.1, 0.15) is 5.65 Å². The van der Waals surface area contributed by atoms with Crippen molar-refractivity contribution in [3.05, 3.63) is 50.9 Å². The van der Waals surface area contributed by atoms with E-state index in [1.807, 2.05) is 4.68 Å². The number of hydrogen-bond donors (Lipinski definition) is 4. The Labute approximate surface area is 204 Å². The molecule has 5 aromatic rings. The topological polar surface area (TPSA) is 133 Å². The maximum atomic E-state index is 13.5. The lowest BCUT2D eigenvalue weighted by Gasteiger charge is -2.21. The SMILES string of the molecule is COc1cc(-c2c3oc4c(O)c(=O)ccc4c3[nH]c3c2c(=O)[nH]n3C2CCCCCCC2)ccc1O. The Kier molecular flexibility index (Phi) is 5.28. The molecule has 0 radical (unpaired) electrons. The number of H-pyrrole nitrogens is 2. The number of furan rings is 1. The van der Waals surface area contributed by atoms with Gasteiger partial charge in [-0.25, -0.2) is 0 Å². The number of phenols is 2. The van der Waals surface area contributed by atoms with Crippen molar-refractivity contribution in [3.63, 3.8) is 0 Å². The predicted molar refractivity (Wildman–Crippen MR) is 137 cm³/mol. The molecule has 9 heteroatoms. The molecule has 0 spiro atoms. The van der Waals surface area contributed by atoms with Crippen LogP contribution in [0.3, 0.4) is 0 Å². The van der Waals surface area contributed by atoms with Crippen LogP contribution in [0, 0.1) is 0 Å². The highest BCUT2D eigenvalue weighted by Gasteiger charge is 2.26. The van der Waals surface area contributed by atoms with Crippen LogP contribution in [0.5, 0.6) is 17.2 Å². The van der Waals surface area contributed by atoms with Crippen molar-refractivity contribution >= 4 is 33.1 Å². The number of nitrogens with zero attached hydrogens (tertiary/aromatic N) is 1. The zero-order valence-electron chi connectivity index (χ0n) is 19.9. The first-order valence-corrected chi connectivity index (χ1v) is 12.3. The Morgan fingerprint density at radius 1 is 1.00 bits per heavy atom. The number of aromatic amines is 2. The monoisotopic (exact) mass is 489 g/mol. The summed E-state index contributed by atoms with van der Waals surface area (Å²) in [6.45, 7) is 0. The van der Waals surface area contributed by atoms with Gasteiger partial charge in [-0.3, -0.25) is 19.4 Å². The lowest BCUT2D eigenvalue weighted by Crippen LogP contribution is -2.15. The fourth-order valence-corrected chi connectivity index (χ4v) is 5.54. The second-order valence-electron chi connectivity index (χ2n) is 9.52. The highest BCUT2D eigenvalue weighted by molar-refractivity contribution is 6.15. The number of aromatic hydroxyl groups is 2. The van der Waals surface area contributed by atoms with Crippen molar-refractivity contribution in [1.82, 2.24) is 14.8 Å². The summed E-state index contributed by atoms with van der Waals surface area (Å²) in [5.74, 6) is -0.262. The van der Waals surface area contributed by atoms with E-state index < -0.39 is 11.2 Å². The summed E-state index contributed by atoms with van der Waals surface area (Å²) in [5, 5.41) is 24.6. The van der Waals surface area contributed by atoms with Gasteiger partial charge >= 0.3 is 0 Å². The van der Waals surface area contributed by atoms with E-state index in [1.165, 1.54) is 38.5 Å². The maximum absolute atomic E-state index is 13.5. The van der Waals surface area contributed by atoms with Crippen LogP contribution < -0.4 is 15.7 Å². The predicted octanol–water partition coefficient (Wildman–Crippen LogP) is 5.29. The second-order valence-corrected chi connectivity index (χ2v) is 9.52. The van der Waals surface area contributed by atoms with Gasteiger partial charge in [0, 0.05) is 10.9 Å². The summed E-state index contributed by atoms with van der Waals surface area (Å²) in [6.07, 6.45) is 7.68. The first-order chi connectivity index (χ1) is 17.5. The average molecular weight is 490 g/mol. The van der Waals surface area contributed by atoms with Gasteiger partial charge < -0.3 is 24.4 Å². The number of fused-ring (bicyclic) bond motifs is 4. The molecule has 3 aromatic heterocycles. The molecule has 3 heterocycles. The van der Waals surface area contributed by atoms with Crippen LogP contribution in [0.1, 0.15) is 51.0 Å². The van der Waals surface area contributed by atoms with E-state index in [0.717, 1.165) is 25.7 Å². The van der Waals surface area contributed by atoms with E-state index in [-0.39, 0.29) is 28.7 Å². The molecule has 1 aliphatic carbocycles. The van der Waals surface area contributed by atoms with Gasteiger partial charge in [0.25, 0.3) is 5.56 Å². The van der Waals surface area contributed by atoms with Gasteiger partial charge in [0.2, 0.25) is 11.2 Å². The van der Waals surface area contributed by atoms with E-state index in [9.17, 15) is 19.8 Å². The van der Waals surface area contributed by atoms with Gasteiger partial charge in [0.15, 0.2) is 22.7 Å². The Bertz CT molecular complexity index is 1730. The van der Waals surface area contributed by atoms with Crippen molar-refractivity contribution in [2.24, 2.45) is 0 Å². The first kappa shape index (κ1) is 22.3. The molecule has 0 bridgehead atoms. The molecule has 0 saturated heterocycles. The fourth-order valence-electron chi connectivity index (χ4n) is 5.54. The molecule has 0 atom stereocenters. The summed E-state index contributed by atoms with van der Waals surface area (Å²) < 4.78 is 13.3. The van der Waals surface area contributed by atoms with Crippen LogP contribution in [0.15, 0.2) is 44.3 Å². The minimum atomic E-state index is -0.546. The molecule has 1 aliphatic rings. The number of phenolic OH excluding ortho intramolecular Hbond substituents is 2. The van der Waals surface area contributed by atoms with E-state index in [1.54, 1.807) is 18.2 Å². The minimum Gasteiger partial charge on any atom is -0.504 e. The first-order valence-electron chi connectivity index (χ1n) is 12.3. The summed E-state index contributed by atoms with van der Waals surface area (Å²) >= 11 is 0. The van der Waals surface area contributed by atoms with Gasteiger partial charge in [0.05, 0.1) is 24.1 Å². The van der Waals surface area contributed by atoms with Crippen molar-refractivity contribution in [3.8, 4) is 28.4 Å². The van der Waals surface area contributed by atoms with Crippen molar-refractivity contribution in [1.29, 1.82) is 0 Å².